The van der Waals surface area contributed by atoms with Gasteiger partial charge in [0.05, 0.1) is 10.0 Å². The van der Waals surface area contributed by atoms with E-state index in [9.17, 15) is 8.42 Å². The lowest BCUT2D eigenvalue weighted by Gasteiger charge is -2.38. The van der Waals surface area contributed by atoms with Crippen molar-refractivity contribution in [1.29, 1.82) is 0 Å². The van der Waals surface area contributed by atoms with Crippen molar-refractivity contribution < 1.29 is 8.42 Å². The zero-order valence-electron chi connectivity index (χ0n) is 13.4. The highest BCUT2D eigenvalue weighted by molar-refractivity contribution is 7.87. The van der Waals surface area contributed by atoms with Crippen molar-refractivity contribution in [1.82, 2.24) is 14.3 Å². The maximum atomic E-state index is 11.9. The van der Waals surface area contributed by atoms with E-state index >= 15 is 0 Å². The molecule has 1 atom stereocenters. The summed E-state index contributed by atoms with van der Waals surface area (Å²) in [6.45, 7) is 2.16. The minimum Gasteiger partial charge on any atom is -0.316 e. The largest absolute Gasteiger partial charge is 0.316 e. The number of hydrogen-bond acceptors (Lipinski definition) is 3. The lowest BCUT2D eigenvalue weighted by atomic mass is 9.72. The third-order valence-electron chi connectivity index (χ3n) is 4.37. The van der Waals surface area contributed by atoms with Gasteiger partial charge in [-0.05, 0) is 43.5 Å². The minimum atomic E-state index is -3.41. The van der Waals surface area contributed by atoms with Crippen molar-refractivity contribution in [2.75, 3.05) is 33.7 Å². The van der Waals surface area contributed by atoms with Gasteiger partial charge in [-0.25, -0.2) is 4.72 Å². The summed E-state index contributed by atoms with van der Waals surface area (Å²) in [5, 5.41) is 4.48. The van der Waals surface area contributed by atoms with Crippen molar-refractivity contribution in [2.24, 2.45) is 0 Å². The van der Waals surface area contributed by atoms with Crippen LogP contribution in [0.1, 0.15) is 24.8 Å². The molecule has 8 heteroatoms. The summed E-state index contributed by atoms with van der Waals surface area (Å²) in [6.07, 6.45) is 2.73. The van der Waals surface area contributed by atoms with E-state index in [1.807, 2.05) is 12.1 Å². The molecule has 2 N–H and O–H groups in total. The lowest BCUT2D eigenvalue weighted by Crippen LogP contribution is -2.46. The SMILES string of the molecule is CN(C)S(=O)(=O)NCC[C@]1(c2ccc(Cl)c(Cl)c2)CCCNC1. The molecule has 23 heavy (non-hydrogen) atoms. The summed E-state index contributed by atoms with van der Waals surface area (Å²) in [5.41, 5.74) is 0.963. The van der Waals surface area contributed by atoms with E-state index in [0.717, 1.165) is 31.5 Å². The number of hydrogen-bond donors (Lipinski definition) is 2. The van der Waals surface area contributed by atoms with Crippen LogP contribution in [-0.4, -0.2) is 46.5 Å². The van der Waals surface area contributed by atoms with E-state index in [0.29, 0.717) is 23.0 Å². The summed E-state index contributed by atoms with van der Waals surface area (Å²) in [6, 6.07) is 5.69. The third kappa shape index (κ3) is 4.59. The van der Waals surface area contributed by atoms with Gasteiger partial charge in [0.25, 0.3) is 10.2 Å². The normalized spacial score (nSPS) is 22.5. The molecular formula is C15H23Cl2N3O2S. The molecule has 0 radical (unpaired) electrons. The van der Waals surface area contributed by atoms with Gasteiger partial charge >= 0.3 is 0 Å². The van der Waals surface area contributed by atoms with Gasteiger partial charge in [0, 0.05) is 32.6 Å². The Morgan fingerprint density at radius 1 is 1.30 bits per heavy atom. The fourth-order valence-corrected chi connectivity index (χ4v) is 3.86. The number of nitrogens with one attached hydrogen (secondary N) is 2. The van der Waals surface area contributed by atoms with E-state index in [1.54, 1.807) is 6.07 Å². The molecule has 0 saturated carbocycles. The molecule has 0 aliphatic carbocycles. The average molecular weight is 380 g/mol. The Labute approximate surface area is 148 Å². The molecule has 1 aliphatic rings. The van der Waals surface area contributed by atoms with Crippen molar-refractivity contribution in [2.45, 2.75) is 24.7 Å². The topological polar surface area (TPSA) is 61.4 Å². The van der Waals surface area contributed by atoms with Gasteiger partial charge in [-0.2, -0.15) is 12.7 Å². The van der Waals surface area contributed by atoms with Crippen LogP contribution in [0.3, 0.4) is 0 Å². The van der Waals surface area contributed by atoms with E-state index in [2.05, 4.69) is 10.0 Å². The van der Waals surface area contributed by atoms with Crippen molar-refractivity contribution in [3.05, 3.63) is 33.8 Å². The number of rotatable bonds is 6. The molecule has 5 nitrogen and oxygen atoms in total. The maximum absolute atomic E-state index is 11.9. The second-order valence-corrected chi connectivity index (χ2v) is 8.90. The molecule has 0 unspecified atom stereocenters. The predicted octanol–water partition coefficient (Wildman–Crippen LogP) is 2.40. The number of benzene rings is 1. The van der Waals surface area contributed by atoms with Crippen molar-refractivity contribution in [3.63, 3.8) is 0 Å². The van der Waals surface area contributed by atoms with Crippen LogP contribution < -0.4 is 10.0 Å². The van der Waals surface area contributed by atoms with Crippen molar-refractivity contribution >= 4 is 33.4 Å². The number of halogens is 2. The van der Waals surface area contributed by atoms with Gasteiger partial charge in [0.1, 0.15) is 0 Å². The Morgan fingerprint density at radius 2 is 2.04 bits per heavy atom. The average Bonchev–Trinajstić information content (AvgIpc) is 2.50. The molecule has 1 aromatic carbocycles. The Balaban J connectivity index is 2.17. The molecule has 0 spiro atoms. The quantitative estimate of drug-likeness (QED) is 0.797. The van der Waals surface area contributed by atoms with E-state index in [-0.39, 0.29) is 5.41 Å². The maximum Gasteiger partial charge on any atom is 0.278 e. The number of piperidine rings is 1. The first-order valence-corrected chi connectivity index (χ1v) is 9.80. The van der Waals surface area contributed by atoms with Crippen LogP contribution in [0.4, 0.5) is 0 Å². The molecule has 130 valence electrons. The highest BCUT2D eigenvalue weighted by Crippen LogP contribution is 2.37. The lowest BCUT2D eigenvalue weighted by molar-refractivity contribution is 0.293. The van der Waals surface area contributed by atoms with Crippen LogP contribution in [0.2, 0.25) is 10.0 Å². The molecule has 1 aliphatic heterocycles. The van der Waals surface area contributed by atoms with E-state index in [1.165, 1.54) is 18.4 Å². The van der Waals surface area contributed by atoms with Crippen LogP contribution in [-0.2, 0) is 15.6 Å². The van der Waals surface area contributed by atoms with E-state index in [4.69, 9.17) is 23.2 Å². The summed E-state index contributed by atoms with van der Waals surface area (Å²) in [4.78, 5) is 0. The molecule has 1 aromatic rings. The Bertz CT molecular complexity index is 644. The first kappa shape index (κ1) is 19.0. The molecule has 1 saturated heterocycles. The standard InChI is InChI=1S/C15H23Cl2N3O2S/c1-20(2)23(21,22)19-9-7-15(6-3-8-18-11-15)12-4-5-13(16)14(17)10-12/h4-5,10,18-19H,3,6-9,11H2,1-2H3/t15-/m1/s1. The van der Waals surface area contributed by atoms with Gasteiger partial charge in [0.2, 0.25) is 0 Å². The fourth-order valence-electron chi connectivity index (χ4n) is 2.95. The van der Waals surface area contributed by atoms with Gasteiger partial charge in [-0.15, -0.1) is 0 Å². The third-order valence-corrected chi connectivity index (χ3v) is 6.64. The minimum absolute atomic E-state index is 0.138. The molecular weight excluding hydrogens is 357 g/mol. The van der Waals surface area contributed by atoms with Crippen molar-refractivity contribution in [3.8, 4) is 0 Å². The highest BCUT2D eigenvalue weighted by atomic mass is 35.5. The van der Waals surface area contributed by atoms with Gasteiger partial charge < -0.3 is 5.32 Å². The molecule has 0 amide bonds. The van der Waals surface area contributed by atoms with Crippen LogP contribution in [0.15, 0.2) is 18.2 Å². The van der Waals surface area contributed by atoms with Crippen LogP contribution >= 0.6 is 23.2 Å². The Kier molecular flexibility index (Phi) is 6.33. The molecule has 0 aromatic heterocycles. The van der Waals surface area contributed by atoms with Gasteiger partial charge in [0.15, 0.2) is 0 Å². The smallest absolute Gasteiger partial charge is 0.278 e. The summed E-state index contributed by atoms with van der Waals surface area (Å²) < 4.78 is 27.6. The summed E-state index contributed by atoms with van der Waals surface area (Å²) >= 11 is 12.2. The zero-order valence-corrected chi connectivity index (χ0v) is 15.7. The first-order valence-electron chi connectivity index (χ1n) is 7.60. The molecule has 1 fully saturated rings. The summed E-state index contributed by atoms with van der Waals surface area (Å²) in [7, 11) is -0.381. The first-order chi connectivity index (χ1) is 10.8. The monoisotopic (exact) mass is 379 g/mol. The molecule has 0 bridgehead atoms. The number of nitrogens with zero attached hydrogens (tertiary/aromatic N) is 1. The second kappa shape index (κ2) is 7.68. The van der Waals surface area contributed by atoms with Crippen LogP contribution in [0, 0.1) is 0 Å². The zero-order chi connectivity index (χ0) is 17.1. The second-order valence-electron chi connectivity index (χ2n) is 6.12. The molecule has 2 rings (SSSR count). The highest BCUT2D eigenvalue weighted by Gasteiger charge is 2.34. The fraction of sp³-hybridized carbons (Fsp3) is 0.600. The van der Waals surface area contributed by atoms with Crippen LogP contribution in [0.25, 0.3) is 0 Å². The van der Waals surface area contributed by atoms with Gasteiger partial charge in [-0.3, -0.25) is 0 Å². The Hall–Kier alpha value is -0.370. The van der Waals surface area contributed by atoms with E-state index < -0.39 is 10.2 Å². The Morgan fingerprint density at radius 3 is 2.61 bits per heavy atom. The van der Waals surface area contributed by atoms with Gasteiger partial charge in [-0.1, -0.05) is 29.3 Å². The molecule has 1 heterocycles. The predicted molar refractivity (Wildman–Crippen MR) is 95.5 cm³/mol. The summed E-state index contributed by atoms with van der Waals surface area (Å²) in [5.74, 6) is 0. The van der Waals surface area contributed by atoms with Crippen LogP contribution in [0.5, 0.6) is 0 Å².